The molecule has 0 N–H and O–H groups in total. The second-order valence-corrected chi connectivity index (χ2v) is 9.01. The van der Waals surface area contributed by atoms with E-state index in [1.165, 1.54) is 4.31 Å². The number of aryl methyl sites for hydroxylation is 2. The first-order valence-corrected chi connectivity index (χ1v) is 10.5. The molecular formula is C19H26N4O3S. The van der Waals surface area contributed by atoms with Crippen LogP contribution in [0.25, 0.3) is 0 Å². The summed E-state index contributed by atoms with van der Waals surface area (Å²) in [5.74, 6) is 1.06. The van der Waals surface area contributed by atoms with Crippen LogP contribution in [0.2, 0.25) is 0 Å². The van der Waals surface area contributed by atoms with E-state index in [2.05, 4.69) is 9.97 Å². The Hall–Kier alpha value is -2.19. The smallest absolute Gasteiger partial charge is 0.257 e. The minimum atomic E-state index is -3.55. The highest BCUT2D eigenvalue weighted by molar-refractivity contribution is 7.89. The van der Waals surface area contributed by atoms with E-state index < -0.39 is 10.0 Å². The molecule has 1 aromatic carbocycles. The Morgan fingerprint density at radius 3 is 2.59 bits per heavy atom. The topological polar surface area (TPSA) is 75.6 Å². The van der Waals surface area contributed by atoms with Crippen molar-refractivity contribution in [3.05, 3.63) is 41.7 Å². The molecule has 1 aromatic heterocycles. The predicted molar refractivity (Wildman–Crippen MR) is 105 cm³/mol. The van der Waals surface area contributed by atoms with Gasteiger partial charge in [-0.15, -0.1) is 0 Å². The van der Waals surface area contributed by atoms with Gasteiger partial charge in [-0.25, -0.2) is 18.4 Å². The number of hydrogen-bond donors (Lipinski definition) is 0. The van der Waals surface area contributed by atoms with E-state index in [0.29, 0.717) is 29.7 Å². The van der Waals surface area contributed by atoms with Gasteiger partial charge < -0.3 is 9.64 Å². The molecule has 7 nitrogen and oxygen atoms in total. The van der Waals surface area contributed by atoms with Crippen molar-refractivity contribution < 1.29 is 13.2 Å². The maximum atomic E-state index is 13.1. The number of rotatable bonds is 5. The van der Waals surface area contributed by atoms with E-state index in [-0.39, 0.29) is 6.10 Å². The van der Waals surface area contributed by atoms with Crippen molar-refractivity contribution in [3.8, 4) is 5.88 Å². The molecule has 8 heteroatoms. The lowest BCUT2D eigenvalue weighted by Gasteiger charge is -2.32. The van der Waals surface area contributed by atoms with Gasteiger partial charge in [-0.3, -0.25) is 0 Å². The molecule has 1 fully saturated rings. The Morgan fingerprint density at radius 1 is 1.15 bits per heavy atom. The first-order valence-electron chi connectivity index (χ1n) is 9.01. The van der Waals surface area contributed by atoms with Crippen molar-refractivity contribution in [1.82, 2.24) is 14.3 Å². The van der Waals surface area contributed by atoms with E-state index in [1.807, 2.05) is 38.9 Å². The van der Waals surface area contributed by atoms with Gasteiger partial charge in [0.2, 0.25) is 10.0 Å². The summed E-state index contributed by atoms with van der Waals surface area (Å²) in [7, 11) is 0.192. The molecule has 1 atom stereocenters. The highest BCUT2D eigenvalue weighted by atomic mass is 32.2. The van der Waals surface area contributed by atoms with E-state index in [1.54, 1.807) is 24.5 Å². The number of piperidine rings is 1. The number of ether oxygens (including phenoxy) is 1. The van der Waals surface area contributed by atoms with Gasteiger partial charge in [-0.2, -0.15) is 4.31 Å². The number of benzene rings is 1. The van der Waals surface area contributed by atoms with Crippen LogP contribution in [-0.2, 0) is 10.0 Å². The maximum absolute atomic E-state index is 13.1. The Labute approximate surface area is 161 Å². The van der Waals surface area contributed by atoms with Crippen molar-refractivity contribution >= 4 is 15.8 Å². The van der Waals surface area contributed by atoms with Crippen LogP contribution in [0, 0.1) is 13.8 Å². The van der Waals surface area contributed by atoms with Crippen LogP contribution in [0.1, 0.15) is 24.0 Å². The second-order valence-electron chi connectivity index (χ2n) is 7.07. The van der Waals surface area contributed by atoms with Gasteiger partial charge in [0, 0.05) is 33.0 Å². The summed E-state index contributed by atoms with van der Waals surface area (Å²) in [6.45, 7) is 4.70. The van der Waals surface area contributed by atoms with Crippen LogP contribution in [0.3, 0.4) is 0 Å². The maximum Gasteiger partial charge on any atom is 0.257 e. The number of nitrogens with zero attached hydrogens (tertiary/aromatic N) is 4. The van der Waals surface area contributed by atoms with Crippen LogP contribution < -0.4 is 9.64 Å². The van der Waals surface area contributed by atoms with Crippen molar-refractivity contribution in [2.45, 2.75) is 37.7 Å². The normalized spacial score (nSPS) is 18.3. The summed E-state index contributed by atoms with van der Waals surface area (Å²) >= 11 is 0. The summed E-state index contributed by atoms with van der Waals surface area (Å²) in [6.07, 6.45) is 4.46. The minimum absolute atomic E-state index is 0.254. The fourth-order valence-electron chi connectivity index (χ4n) is 3.11. The molecule has 3 rings (SSSR count). The molecule has 27 heavy (non-hydrogen) atoms. The molecule has 0 spiro atoms. The van der Waals surface area contributed by atoms with Gasteiger partial charge in [-0.1, -0.05) is 6.07 Å². The molecule has 1 aliphatic rings. The van der Waals surface area contributed by atoms with Gasteiger partial charge in [0.15, 0.2) is 5.82 Å². The molecule has 1 aliphatic heterocycles. The van der Waals surface area contributed by atoms with E-state index in [0.717, 1.165) is 24.0 Å². The Balaban J connectivity index is 1.79. The molecule has 2 aromatic rings. The first-order chi connectivity index (χ1) is 12.8. The summed E-state index contributed by atoms with van der Waals surface area (Å²) in [5, 5.41) is 0. The zero-order valence-electron chi connectivity index (χ0n) is 16.2. The molecule has 146 valence electrons. The monoisotopic (exact) mass is 390 g/mol. The SMILES string of the molecule is Cc1ccc(S(=O)(=O)N2CCCC(Oc3nccnc3N(C)C)C2)cc1C. The third kappa shape index (κ3) is 4.22. The van der Waals surface area contributed by atoms with E-state index in [4.69, 9.17) is 4.74 Å². The molecule has 0 radical (unpaired) electrons. The third-order valence-electron chi connectivity index (χ3n) is 4.81. The van der Waals surface area contributed by atoms with Crippen molar-refractivity contribution in [2.24, 2.45) is 0 Å². The van der Waals surface area contributed by atoms with E-state index in [9.17, 15) is 8.42 Å². The average Bonchev–Trinajstić information content (AvgIpc) is 2.64. The van der Waals surface area contributed by atoms with Gasteiger partial charge in [0.1, 0.15) is 6.10 Å². The van der Waals surface area contributed by atoms with E-state index >= 15 is 0 Å². The summed E-state index contributed by atoms with van der Waals surface area (Å²) in [6, 6.07) is 5.26. The lowest BCUT2D eigenvalue weighted by atomic mass is 10.1. The van der Waals surface area contributed by atoms with Gasteiger partial charge in [0.05, 0.1) is 11.4 Å². The molecule has 1 unspecified atom stereocenters. The fourth-order valence-corrected chi connectivity index (χ4v) is 4.70. The third-order valence-corrected chi connectivity index (χ3v) is 6.67. The van der Waals surface area contributed by atoms with Gasteiger partial charge in [0.25, 0.3) is 5.88 Å². The lowest BCUT2D eigenvalue weighted by Crippen LogP contribution is -2.44. The molecular weight excluding hydrogens is 364 g/mol. The average molecular weight is 391 g/mol. The number of sulfonamides is 1. The highest BCUT2D eigenvalue weighted by Gasteiger charge is 2.32. The highest BCUT2D eigenvalue weighted by Crippen LogP contribution is 2.27. The van der Waals surface area contributed by atoms with Crippen LogP contribution in [0.4, 0.5) is 5.82 Å². The zero-order chi connectivity index (χ0) is 19.6. The number of hydrogen-bond acceptors (Lipinski definition) is 6. The lowest BCUT2D eigenvalue weighted by molar-refractivity contribution is 0.125. The fraction of sp³-hybridized carbons (Fsp3) is 0.474. The van der Waals surface area contributed by atoms with Crippen LogP contribution in [0.15, 0.2) is 35.5 Å². The standard InChI is InChI=1S/C19H26N4O3S/c1-14-7-8-17(12-15(14)2)27(24,25)23-11-5-6-16(13-23)26-19-18(22(3)4)20-9-10-21-19/h7-10,12,16H,5-6,11,13H2,1-4H3. The number of anilines is 1. The molecule has 2 heterocycles. The minimum Gasteiger partial charge on any atom is -0.470 e. The summed E-state index contributed by atoms with van der Waals surface area (Å²) in [4.78, 5) is 10.7. The van der Waals surface area contributed by atoms with Crippen molar-refractivity contribution in [1.29, 1.82) is 0 Å². The molecule has 0 bridgehead atoms. The van der Waals surface area contributed by atoms with Gasteiger partial charge >= 0.3 is 0 Å². The zero-order valence-corrected chi connectivity index (χ0v) is 17.0. The quantitative estimate of drug-likeness (QED) is 0.780. The van der Waals surface area contributed by atoms with Crippen LogP contribution in [0.5, 0.6) is 5.88 Å². The largest absolute Gasteiger partial charge is 0.470 e. The van der Waals surface area contributed by atoms with Crippen molar-refractivity contribution in [3.63, 3.8) is 0 Å². The summed E-state index contributed by atoms with van der Waals surface area (Å²) < 4.78 is 33.7. The Morgan fingerprint density at radius 2 is 1.89 bits per heavy atom. The second kappa shape index (κ2) is 7.82. The molecule has 0 amide bonds. The predicted octanol–water partition coefficient (Wildman–Crippen LogP) is 2.39. The Bertz CT molecular complexity index is 915. The van der Waals surface area contributed by atoms with Crippen LogP contribution >= 0.6 is 0 Å². The molecule has 0 aliphatic carbocycles. The van der Waals surface area contributed by atoms with Crippen molar-refractivity contribution in [2.75, 3.05) is 32.1 Å². The molecule has 0 saturated carbocycles. The Kier molecular flexibility index (Phi) is 5.67. The first kappa shape index (κ1) is 19.6. The van der Waals surface area contributed by atoms with Crippen LogP contribution in [-0.4, -0.2) is 56.0 Å². The van der Waals surface area contributed by atoms with Gasteiger partial charge in [-0.05, 0) is 49.9 Å². The summed E-state index contributed by atoms with van der Waals surface area (Å²) in [5.41, 5.74) is 2.05. The molecule has 1 saturated heterocycles. The number of aromatic nitrogens is 2.